The van der Waals surface area contributed by atoms with Crippen molar-refractivity contribution in [1.29, 1.82) is 0 Å². The number of ether oxygens (including phenoxy) is 1. The zero-order valence-corrected chi connectivity index (χ0v) is 9.02. The third-order valence-electron chi connectivity index (χ3n) is 1.58. The quantitative estimate of drug-likeness (QED) is 0.753. The summed E-state index contributed by atoms with van der Waals surface area (Å²) >= 11 is 2.83. The van der Waals surface area contributed by atoms with Gasteiger partial charge >= 0.3 is 6.18 Å². The van der Waals surface area contributed by atoms with Crippen molar-refractivity contribution < 1.29 is 17.9 Å². The van der Waals surface area contributed by atoms with Crippen LogP contribution in [-0.2, 0) is 6.18 Å². The Morgan fingerprint density at radius 1 is 1.40 bits per heavy atom. The fourth-order valence-corrected chi connectivity index (χ4v) is 1.56. The Balaban J connectivity index is 3.07. The van der Waals surface area contributed by atoms with E-state index in [0.717, 1.165) is 6.07 Å². The summed E-state index contributed by atoms with van der Waals surface area (Å²) in [7, 11) is 0. The first-order valence-electron chi connectivity index (χ1n) is 3.88. The SMILES string of the molecule is C#CCOc1cccc(C(F)(F)F)c1Br. The summed E-state index contributed by atoms with van der Waals surface area (Å²) in [5.41, 5.74) is -0.781. The number of rotatable bonds is 2. The van der Waals surface area contributed by atoms with Crippen LogP contribution in [0.15, 0.2) is 22.7 Å². The third kappa shape index (κ3) is 2.90. The molecule has 80 valence electrons. The zero-order valence-electron chi connectivity index (χ0n) is 7.44. The Morgan fingerprint density at radius 3 is 2.60 bits per heavy atom. The first-order valence-corrected chi connectivity index (χ1v) is 4.68. The zero-order chi connectivity index (χ0) is 11.5. The van der Waals surface area contributed by atoms with Crippen LogP contribution in [0, 0.1) is 12.3 Å². The van der Waals surface area contributed by atoms with Gasteiger partial charge in [0.1, 0.15) is 12.4 Å². The predicted molar refractivity (Wildman–Crippen MR) is 53.5 cm³/mol. The summed E-state index contributed by atoms with van der Waals surface area (Å²) in [6.45, 7) is -0.0695. The standard InChI is InChI=1S/C10H6BrF3O/c1-2-6-15-8-5-3-4-7(9(8)11)10(12,13)14/h1,3-5H,6H2. The van der Waals surface area contributed by atoms with Gasteiger partial charge in [-0.25, -0.2) is 0 Å². The van der Waals surface area contributed by atoms with Gasteiger partial charge in [0.05, 0.1) is 10.0 Å². The molecule has 1 rings (SSSR count). The number of hydrogen-bond donors (Lipinski definition) is 0. The maximum atomic E-state index is 12.4. The lowest BCUT2D eigenvalue weighted by molar-refractivity contribution is -0.138. The number of halogens is 4. The van der Waals surface area contributed by atoms with Gasteiger partial charge in [0.15, 0.2) is 0 Å². The topological polar surface area (TPSA) is 9.23 Å². The van der Waals surface area contributed by atoms with E-state index < -0.39 is 11.7 Å². The smallest absolute Gasteiger partial charge is 0.417 e. The average molecular weight is 279 g/mol. The molecule has 0 saturated carbocycles. The largest absolute Gasteiger partial charge is 0.480 e. The minimum Gasteiger partial charge on any atom is -0.480 e. The molecule has 1 aromatic rings. The van der Waals surface area contributed by atoms with Gasteiger partial charge in [-0.1, -0.05) is 12.0 Å². The molecule has 0 saturated heterocycles. The molecule has 0 atom stereocenters. The second kappa shape index (κ2) is 4.58. The molecular formula is C10H6BrF3O. The van der Waals surface area contributed by atoms with Crippen molar-refractivity contribution in [3.63, 3.8) is 0 Å². The highest BCUT2D eigenvalue weighted by atomic mass is 79.9. The van der Waals surface area contributed by atoms with Crippen LogP contribution in [0.4, 0.5) is 13.2 Å². The van der Waals surface area contributed by atoms with Crippen molar-refractivity contribution in [1.82, 2.24) is 0 Å². The molecule has 0 fully saturated rings. The van der Waals surface area contributed by atoms with Crippen LogP contribution in [-0.4, -0.2) is 6.61 Å². The molecule has 0 N–H and O–H groups in total. The van der Waals surface area contributed by atoms with Gasteiger partial charge in [0.2, 0.25) is 0 Å². The molecule has 0 unspecified atom stereocenters. The molecule has 0 bridgehead atoms. The molecule has 0 aliphatic carbocycles. The minimum atomic E-state index is -4.41. The number of alkyl halides is 3. The van der Waals surface area contributed by atoms with Crippen LogP contribution in [0.25, 0.3) is 0 Å². The highest BCUT2D eigenvalue weighted by Crippen LogP contribution is 2.39. The first kappa shape index (κ1) is 11.9. The fraction of sp³-hybridized carbons (Fsp3) is 0.200. The molecule has 0 aromatic heterocycles. The molecule has 0 heterocycles. The lowest BCUT2D eigenvalue weighted by Crippen LogP contribution is -2.07. The third-order valence-corrected chi connectivity index (χ3v) is 2.40. The Labute approximate surface area is 93.4 Å². The molecule has 0 amide bonds. The van der Waals surface area contributed by atoms with E-state index >= 15 is 0 Å². The second-order valence-electron chi connectivity index (χ2n) is 2.61. The van der Waals surface area contributed by atoms with Gasteiger partial charge in [-0.3, -0.25) is 0 Å². The molecule has 0 aliphatic heterocycles. The van der Waals surface area contributed by atoms with E-state index in [2.05, 4.69) is 21.9 Å². The maximum Gasteiger partial charge on any atom is 0.417 e. The van der Waals surface area contributed by atoms with Crippen molar-refractivity contribution in [2.24, 2.45) is 0 Å². The monoisotopic (exact) mass is 278 g/mol. The van der Waals surface area contributed by atoms with E-state index in [0.29, 0.717) is 0 Å². The first-order chi connectivity index (χ1) is 6.96. The van der Waals surface area contributed by atoms with E-state index in [-0.39, 0.29) is 16.8 Å². The van der Waals surface area contributed by atoms with Crippen molar-refractivity contribution in [3.05, 3.63) is 28.2 Å². The van der Waals surface area contributed by atoms with Crippen molar-refractivity contribution in [2.45, 2.75) is 6.18 Å². The Hall–Kier alpha value is -1.15. The summed E-state index contributed by atoms with van der Waals surface area (Å²) in [6.07, 6.45) is 0.529. The molecule has 15 heavy (non-hydrogen) atoms. The summed E-state index contributed by atoms with van der Waals surface area (Å²) in [5, 5.41) is 0. The highest BCUT2D eigenvalue weighted by molar-refractivity contribution is 9.10. The van der Waals surface area contributed by atoms with Crippen molar-refractivity contribution >= 4 is 15.9 Å². The molecule has 1 nitrogen and oxygen atoms in total. The maximum absolute atomic E-state index is 12.4. The second-order valence-corrected chi connectivity index (χ2v) is 3.40. The van der Waals surface area contributed by atoms with E-state index in [1.807, 2.05) is 0 Å². The molecule has 5 heteroatoms. The van der Waals surface area contributed by atoms with Crippen LogP contribution in [0.3, 0.4) is 0 Å². The Bertz CT molecular complexity index is 393. The van der Waals surface area contributed by atoms with Crippen LogP contribution < -0.4 is 4.74 Å². The van der Waals surface area contributed by atoms with E-state index in [4.69, 9.17) is 11.2 Å². The normalized spacial score (nSPS) is 10.9. The van der Waals surface area contributed by atoms with Gasteiger partial charge in [0, 0.05) is 0 Å². The molecule has 1 aromatic carbocycles. The minimum absolute atomic E-state index is 0.0695. The fourth-order valence-electron chi connectivity index (χ4n) is 0.961. The number of benzene rings is 1. The molecular weight excluding hydrogens is 273 g/mol. The number of terminal acetylenes is 1. The summed E-state index contributed by atoms with van der Waals surface area (Å²) < 4.78 is 42.1. The van der Waals surface area contributed by atoms with Crippen molar-refractivity contribution in [2.75, 3.05) is 6.61 Å². The molecule has 0 spiro atoms. The van der Waals surface area contributed by atoms with E-state index in [9.17, 15) is 13.2 Å². The van der Waals surface area contributed by atoms with Gasteiger partial charge in [-0.05, 0) is 28.1 Å². The summed E-state index contributed by atoms with van der Waals surface area (Å²) in [5.74, 6) is 2.26. The van der Waals surface area contributed by atoms with Crippen LogP contribution in [0.5, 0.6) is 5.75 Å². The van der Waals surface area contributed by atoms with Gasteiger partial charge < -0.3 is 4.74 Å². The van der Waals surface area contributed by atoms with Gasteiger partial charge in [-0.2, -0.15) is 13.2 Å². The van der Waals surface area contributed by atoms with Crippen LogP contribution in [0.2, 0.25) is 0 Å². The summed E-state index contributed by atoms with van der Waals surface area (Å²) in [4.78, 5) is 0. The summed E-state index contributed by atoms with van der Waals surface area (Å²) in [6, 6.07) is 3.64. The Kier molecular flexibility index (Phi) is 3.64. The van der Waals surface area contributed by atoms with Gasteiger partial charge in [0.25, 0.3) is 0 Å². The van der Waals surface area contributed by atoms with E-state index in [1.54, 1.807) is 0 Å². The lowest BCUT2D eigenvalue weighted by Gasteiger charge is -2.12. The highest BCUT2D eigenvalue weighted by Gasteiger charge is 2.33. The molecule has 0 radical (unpaired) electrons. The van der Waals surface area contributed by atoms with Crippen LogP contribution >= 0.6 is 15.9 Å². The van der Waals surface area contributed by atoms with Crippen LogP contribution in [0.1, 0.15) is 5.56 Å². The predicted octanol–water partition coefficient (Wildman–Crippen LogP) is 3.48. The lowest BCUT2D eigenvalue weighted by atomic mass is 10.2. The Morgan fingerprint density at radius 2 is 2.07 bits per heavy atom. The van der Waals surface area contributed by atoms with Gasteiger partial charge in [-0.15, -0.1) is 6.42 Å². The molecule has 0 aliphatic rings. The average Bonchev–Trinajstić information content (AvgIpc) is 2.14. The van der Waals surface area contributed by atoms with Crippen molar-refractivity contribution in [3.8, 4) is 18.1 Å². The number of hydrogen-bond acceptors (Lipinski definition) is 1. The van der Waals surface area contributed by atoms with E-state index in [1.165, 1.54) is 12.1 Å².